The molecule has 7 heteroatoms. The molecule has 1 amide bonds. The third kappa shape index (κ3) is 4.28. The Morgan fingerprint density at radius 2 is 1.76 bits per heavy atom. The van der Waals surface area contributed by atoms with E-state index in [4.69, 9.17) is 4.74 Å². The fourth-order valence-corrected chi connectivity index (χ4v) is 5.99. The molecule has 34 heavy (non-hydrogen) atoms. The molecule has 1 heterocycles. The maximum atomic E-state index is 13.5. The van der Waals surface area contributed by atoms with Gasteiger partial charge in [0.25, 0.3) is 15.9 Å². The van der Waals surface area contributed by atoms with Gasteiger partial charge in [0.15, 0.2) is 6.10 Å². The molecule has 176 valence electrons. The van der Waals surface area contributed by atoms with Gasteiger partial charge in [0.2, 0.25) is 0 Å². The predicted molar refractivity (Wildman–Crippen MR) is 131 cm³/mol. The summed E-state index contributed by atoms with van der Waals surface area (Å²) in [6.07, 6.45) is 2.93. The number of carbonyl (C=O) groups excluding carboxylic acids is 1. The third-order valence-corrected chi connectivity index (χ3v) is 8.02. The maximum Gasteiger partial charge on any atom is 0.264 e. The largest absolute Gasteiger partial charge is 0.480 e. The van der Waals surface area contributed by atoms with E-state index < -0.39 is 16.1 Å². The molecule has 0 radical (unpaired) electrons. The molecule has 2 aliphatic rings. The normalized spacial score (nSPS) is 20.0. The van der Waals surface area contributed by atoms with Crippen molar-refractivity contribution in [2.45, 2.75) is 56.2 Å². The molecule has 1 aliphatic carbocycles. The lowest BCUT2D eigenvalue weighted by Gasteiger charge is -2.36. The fourth-order valence-electron chi connectivity index (χ4n) is 4.92. The van der Waals surface area contributed by atoms with Gasteiger partial charge in [0.1, 0.15) is 5.75 Å². The van der Waals surface area contributed by atoms with Gasteiger partial charge in [-0.05, 0) is 67.1 Å². The van der Waals surface area contributed by atoms with Gasteiger partial charge < -0.3 is 9.64 Å². The van der Waals surface area contributed by atoms with Crippen LogP contribution in [0, 0.1) is 0 Å². The Labute approximate surface area is 200 Å². The highest BCUT2D eigenvalue weighted by atomic mass is 32.2. The van der Waals surface area contributed by atoms with E-state index in [1.165, 1.54) is 11.1 Å². The summed E-state index contributed by atoms with van der Waals surface area (Å²) in [5, 5.41) is 0. The number of nitrogens with one attached hydrogen (secondary N) is 1. The van der Waals surface area contributed by atoms with Crippen LogP contribution in [0.2, 0.25) is 0 Å². The molecule has 0 aromatic heterocycles. The van der Waals surface area contributed by atoms with Crippen molar-refractivity contribution < 1.29 is 17.9 Å². The highest BCUT2D eigenvalue weighted by molar-refractivity contribution is 7.92. The monoisotopic (exact) mass is 476 g/mol. The summed E-state index contributed by atoms with van der Waals surface area (Å²) in [5.41, 5.74) is 3.72. The summed E-state index contributed by atoms with van der Waals surface area (Å²) < 4.78 is 34.5. The standard InChI is InChI=1S/C27H28N2O4S/c1-2-25-27(30)29(24-14-8-10-19-9-6-7-13-23(19)24)18-20-17-21(15-16-26(20)33-25)28-34(31,32)22-11-4-3-5-12-22/h3-7,9,11-13,15-17,24-25,28H,2,8,10,14,18H2,1H3/t24-,25-/m1/s1. The lowest BCUT2D eigenvalue weighted by Crippen LogP contribution is -2.42. The van der Waals surface area contributed by atoms with Crippen LogP contribution in [0.25, 0.3) is 0 Å². The van der Waals surface area contributed by atoms with Crippen molar-refractivity contribution in [3.8, 4) is 5.75 Å². The molecule has 0 unspecified atom stereocenters. The number of fused-ring (bicyclic) bond motifs is 2. The van der Waals surface area contributed by atoms with Crippen molar-refractivity contribution in [3.63, 3.8) is 0 Å². The van der Waals surface area contributed by atoms with Crippen LogP contribution >= 0.6 is 0 Å². The number of nitrogens with zero attached hydrogens (tertiary/aromatic N) is 1. The molecule has 0 bridgehead atoms. The Kier molecular flexibility index (Phi) is 6.04. The van der Waals surface area contributed by atoms with Crippen molar-refractivity contribution in [2.24, 2.45) is 0 Å². The highest BCUT2D eigenvalue weighted by Gasteiger charge is 2.36. The summed E-state index contributed by atoms with van der Waals surface area (Å²) in [6.45, 7) is 2.31. The molecule has 5 rings (SSSR count). The molecule has 1 aliphatic heterocycles. The number of aryl methyl sites for hydroxylation is 1. The number of anilines is 1. The molecule has 3 aromatic carbocycles. The van der Waals surface area contributed by atoms with Crippen molar-refractivity contribution in [1.82, 2.24) is 4.90 Å². The zero-order chi connectivity index (χ0) is 23.7. The summed E-state index contributed by atoms with van der Waals surface area (Å²) in [7, 11) is -3.72. The Hall–Kier alpha value is -3.32. The second-order valence-electron chi connectivity index (χ2n) is 8.83. The summed E-state index contributed by atoms with van der Waals surface area (Å²) >= 11 is 0. The zero-order valence-corrected chi connectivity index (χ0v) is 19.9. The summed E-state index contributed by atoms with van der Waals surface area (Å²) in [6, 6.07) is 21.8. The Morgan fingerprint density at radius 3 is 2.56 bits per heavy atom. The van der Waals surface area contributed by atoms with E-state index in [0.717, 1.165) is 24.8 Å². The molecule has 1 N–H and O–H groups in total. The summed E-state index contributed by atoms with van der Waals surface area (Å²) in [5.74, 6) is 0.598. The van der Waals surface area contributed by atoms with E-state index in [0.29, 0.717) is 24.4 Å². The van der Waals surface area contributed by atoms with Crippen molar-refractivity contribution >= 4 is 21.6 Å². The van der Waals surface area contributed by atoms with Crippen LogP contribution in [0.5, 0.6) is 5.75 Å². The SMILES string of the molecule is CC[C@H]1Oc2ccc(NS(=O)(=O)c3ccccc3)cc2CN([C@@H]2CCCc3ccccc32)C1=O. The average Bonchev–Trinajstić information content (AvgIpc) is 3.00. The number of hydrogen-bond acceptors (Lipinski definition) is 4. The number of benzene rings is 3. The Balaban J connectivity index is 1.49. The zero-order valence-electron chi connectivity index (χ0n) is 19.1. The van der Waals surface area contributed by atoms with Gasteiger partial charge in [0.05, 0.1) is 17.5 Å². The molecule has 0 fully saturated rings. The number of rotatable bonds is 5. The van der Waals surface area contributed by atoms with Crippen molar-refractivity contribution in [3.05, 3.63) is 89.5 Å². The molecule has 3 aromatic rings. The van der Waals surface area contributed by atoms with E-state index in [2.05, 4.69) is 16.9 Å². The van der Waals surface area contributed by atoms with Gasteiger partial charge in [-0.15, -0.1) is 0 Å². The predicted octanol–water partition coefficient (Wildman–Crippen LogP) is 5.06. The van der Waals surface area contributed by atoms with Crippen LogP contribution in [0.15, 0.2) is 77.7 Å². The van der Waals surface area contributed by atoms with Crippen molar-refractivity contribution in [2.75, 3.05) is 4.72 Å². The van der Waals surface area contributed by atoms with Crippen LogP contribution < -0.4 is 9.46 Å². The molecule has 6 nitrogen and oxygen atoms in total. The number of ether oxygens (including phenoxy) is 1. The first-order valence-electron chi connectivity index (χ1n) is 11.7. The minimum absolute atomic E-state index is 0.0215. The van der Waals surface area contributed by atoms with Gasteiger partial charge >= 0.3 is 0 Å². The van der Waals surface area contributed by atoms with Crippen LogP contribution in [0.3, 0.4) is 0 Å². The van der Waals surface area contributed by atoms with Crippen molar-refractivity contribution in [1.29, 1.82) is 0 Å². The van der Waals surface area contributed by atoms with Crippen LogP contribution in [-0.4, -0.2) is 25.3 Å². The van der Waals surface area contributed by atoms with E-state index in [1.54, 1.807) is 48.5 Å². The highest BCUT2D eigenvalue weighted by Crippen LogP contribution is 2.39. The smallest absolute Gasteiger partial charge is 0.264 e. The summed E-state index contributed by atoms with van der Waals surface area (Å²) in [4.78, 5) is 15.7. The number of amides is 1. The van der Waals surface area contributed by atoms with E-state index in [9.17, 15) is 13.2 Å². The average molecular weight is 477 g/mol. The number of hydrogen-bond donors (Lipinski definition) is 1. The molecule has 0 saturated heterocycles. The molecular weight excluding hydrogens is 448 g/mol. The third-order valence-electron chi connectivity index (χ3n) is 6.62. The molecule has 2 atom stereocenters. The topological polar surface area (TPSA) is 75.7 Å². The molecule has 0 saturated carbocycles. The van der Waals surface area contributed by atoms with Crippen LogP contribution in [0.1, 0.15) is 48.9 Å². The maximum absolute atomic E-state index is 13.5. The molecular formula is C27H28N2O4S. The van der Waals surface area contributed by atoms with Crippen LogP contribution in [0.4, 0.5) is 5.69 Å². The Bertz CT molecular complexity index is 1310. The van der Waals surface area contributed by atoms with Gasteiger partial charge in [-0.1, -0.05) is 49.4 Å². The lowest BCUT2D eigenvalue weighted by molar-refractivity contribution is -0.141. The first-order valence-corrected chi connectivity index (χ1v) is 13.2. The van der Waals surface area contributed by atoms with Gasteiger partial charge in [-0.2, -0.15) is 0 Å². The van der Waals surface area contributed by atoms with Gasteiger partial charge in [0, 0.05) is 11.3 Å². The second-order valence-corrected chi connectivity index (χ2v) is 10.5. The van der Waals surface area contributed by atoms with E-state index >= 15 is 0 Å². The van der Waals surface area contributed by atoms with Crippen LogP contribution in [-0.2, 0) is 27.8 Å². The quantitative estimate of drug-likeness (QED) is 0.558. The van der Waals surface area contributed by atoms with Gasteiger partial charge in [-0.3, -0.25) is 9.52 Å². The first-order chi connectivity index (χ1) is 16.5. The Morgan fingerprint density at radius 1 is 1.00 bits per heavy atom. The number of sulfonamides is 1. The first kappa shape index (κ1) is 22.5. The second kappa shape index (κ2) is 9.14. The minimum Gasteiger partial charge on any atom is -0.480 e. The lowest BCUT2D eigenvalue weighted by atomic mass is 9.86. The number of carbonyl (C=O) groups is 1. The van der Waals surface area contributed by atoms with E-state index in [-0.39, 0.29) is 16.8 Å². The van der Waals surface area contributed by atoms with Gasteiger partial charge in [-0.25, -0.2) is 8.42 Å². The minimum atomic E-state index is -3.72. The fraction of sp³-hybridized carbons (Fsp3) is 0.296. The molecule has 0 spiro atoms. The van der Waals surface area contributed by atoms with E-state index in [1.807, 2.05) is 24.0 Å².